The molecule has 0 fully saturated rings. The van der Waals surface area contributed by atoms with Gasteiger partial charge in [0.1, 0.15) is 12.4 Å². The van der Waals surface area contributed by atoms with Gasteiger partial charge in [-0.3, -0.25) is 14.2 Å². The summed E-state index contributed by atoms with van der Waals surface area (Å²) < 4.78 is 17.1. The van der Waals surface area contributed by atoms with Crippen LogP contribution in [0.2, 0.25) is 0 Å². The van der Waals surface area contributed by atoms with E-state index in [-0.39, 0.29) is 29.2 Å². The van der Waals surface area contributed by atoms with Crippen molar-refractivity contribution < 1.29 is 9.18 Å². The zero-order valence-electron chi connectivity index (χ0n) is 17.5. The minimum absolute atomic E-state index is 0.173. The molecule has 0 aliphatic carbocycles. The van der Waals surface area contributed by atoms with Gasteiger partial charge in [-0.25, -0.2) is 18.3 Å². The molecule has 0 saturated heterocycles. The third kappa shape index (κ3) is 3.76. The number of fused-ring (bicyclic) bond motifs is 3. The SMILES string of the molecule is O=C(Cn1nc2n(CCc3ccccc3)c(=O)c3ccccc3n2c1=O)c1ccc(F)cc1. The molecule has 0 amide bonds. The third-order valence-electron chi connectivity index (χ3n) is 5.61. The number of carbonyl (C=O) groups is 1. The molecule has 33 heavy (non-hydrogen) atoms. The van der Waals surface area contributed by atoms with Crippen LogP contribution >= 0.6 is 0 Å². The summed E-state index contributed by atoms with van der Waals surface area (Å²) in [6, 6.07) is 21.6. The van der Waals surface area contributed by atoms with Crippen LogP contribution < -0.4 is 11.2 Å². The first kappa shape index (κ1) is 20.6. The van der Waals surface area contributed by atoms with E-state index >= 15 is 0 Å². The predicted octanol–water partition coefficient (Wildman–Crippen LogP) is 3.08. The molecular weight excluding hydrogens is 423 g/mol. The fraction of sp³-hybridized carbons (Fsp3) is 0.120. The van der Waals surface area contributed by atoms with Crippen molar-refractivity contribution in [2.75, 3.05) is 0 Å². The Labute approximate surface area is 187 Å². The molecule has 2 aromatic heterocycles. The van der Waals surface area contributed by atoms with E-state index in [1.54, 1.807) is 24.3 Å². The van der Waals surface area contributed by atoms with Crippen LogP contribution in [0.25, 0.3) is 16.7 Å². The summed E-state index contributed by atoms with van der Waals surface area (Å²) >= 11 is 0. The fourth-order valence-corrected chi connectivity index (χ4v) is 3.92. The summed E-state index contributed by atoms with van der Waals surface area (Å²) in [6.45, 7) is -0.00705. The molecule has 0 N–H and O–H groups in total. The molecule has 8 heteroatoms. The van der Waals surface area contributed by atoms with Crippen molar-refractivity contribution in [2.24, 2.45) is 0 Å². The van der Waals surface area contributed by atoms with Gasteiger partial charge >= 0.3 is 5.69 Å². The summed E-state index contributed by atoms with van der Waals surface area (Å²) in [5.41, 5.74) is 0.968. The van der Waals surface area contributed by atoms with Crippen molar-refractivity contribution in [1.82, 2.24) is 18.7 Å². The highest BCUT2D eigenvalue weighted by molar-refractivity contribution is 5.95. The number of halogens is 1. The van der Waals surface area contributed by atoms with E-state index in [2.05, 4.69) is 5.10 Å². The molecular formula is C25H19FN4O3. The molecule has 0 unspecified atom stereocenters. The van der Waals surface area contributed by atoms with E-state index in [1.165, 1.54) is 33.2 Å². The van der Waals surface area contributed by atoms with Crippen molar-refractivity contribution >= 4 is 22.5 Å². The minimum atomic E-state index is -0.523. The van der Waals surface area contributed by atoms with Crippen LogP contribution in [0.3, 0.4) is 0 Å². The van der Waals surface area contributed by atoms with Gasteiger partial charge in [0, 0.05) is 12.1 Å². The number of hydrogen-bond donors (Lipinski definition) is 0. The smallest absolute Gasteiger partial charge is 0.292 e. The Bertz CT molecular complexity index is 1600. The highest BCUT2D eigenvalue weighted by Gasteiger charge is 2.19. The van der Waals surface area contributed by atoms with Crippen LogP contribution in [-0.4, -0.2) is 24.5 Å². The van der Waals surface area contributed by atoms with E-state index in [9.17, 15) is 18.8 Å². The number of aromatic nitrogens is 4. The Morgan fingerprint density at radius 3 is 2.33 bits per heavy atom. The van der Waals surface area contributed by atoms with Gasteiger partial charge in [0.2, 0.25) is 5.78 Å². The molecule has 0 radical (unpaired) electrons. The summed E-state index contributed by atoms with van der Waals surface area (Å²) in [6.07, 6.45) is 0.574. The Morgan fingerprint density at radius 2 is 1.58 bits per heavy atom. The average Bonchev–Trinajstić information content (AvgIpc) is 3.16. The topological polar surface area (TPSA) is 78.4 Å². The van der Waals surface area contributed by atoms with Gasteiger partial charge in [0.15, 0.2) is 5.78 Å². The van der Waals surface area contributed by atoms with Crippen molar-refractivity contribution in [1.29, 1.82) is 0 Å². The van der Waals surface area contributed by atoms with E-state index in [1.807, 2.05) is 30.3 Å². The first-order valence-corrected chi connectivity index (χ1v) is 10.5. The van der Waals surface area contributed by atoms with Crippen LogP contribution in [0.1, 0.15) is 15.9 Å². The number of aryl methyl sites for hydroxylation is 2. The largest absolute Gasteiger partial charge is 0.352 e. The molecule has 2 heterocycles. The Hall–Kier alpha value is -4.33. The van der Waals surface area contributed by atoms with Crippen LogP contribution in [0.5, 0.6) is 0 Å². The molecule has 3 aromatic carbocycles. The van der Waals surface area contributed by atoms with Gasteiger partial charge < -0.3 is 0 Å². The molecule has 0 aliphatic rings. The maximum Gasteiger partial charge on any atom is 0.352 e. The van der Waals surface area contributed by atoms with Gasteiger partial charge in [-0.15, -0.1) is 5.10 Å². The van der Waals surface area contributed by atoms with Crippen molar-refractivity contribution in [3.05, 3.63) is 117 Å². The highest BCUT2D eigenvalue weighted by Crippen LogP contribution is 2.12. The summed E-state index contributed by atoms with van der Waals surface area (Å²) in [5, 5.41) is 4.75. The zero-order valence-corrected chi connectivity index (χ0v) is 17.5. The number of rotatable bonds is 6. The van der Waals surface area contributed by atoms with Crippen molar-refractivity contribution in [3.63, 3.8) is 0 Å². The standard InChI is InChI=1S/C25H19FN4O3/c26-19-12-10-18(11-13-19)22(31)16-29-25(33)30-21-9-5-4-8-20(21)23(32)28(24(30)27-29)15-14-17-6-2-1-3-7-17/h1-13H,14-16H2. The van der Waals surface area contributed by atoms with Gasteiger partial charge in [-0.2, -0.15) is 0 Å². The number of nitrogens with zero attached hydrogens (tertiary/aromatic N) is 4. The lowest BCUT2D eigenvalue weighted by molar-refractivity contribution is 0.0966. The quantitative estimate of drug-likeness (QED) is 0.379. The summed E-state index contributed by atoms with van der Waals surface area (Å²) in [7, 11) is 0. The number of carbonyl (C=O) groups excluding carboxylic acids is 1. The van der Waals surface area contributed by atoms with Gasteiger partial charge in [0.25, 0.3) is 5.56 Å². The van der Waals surface area contributed by atoms with Crippen LogP contribution in [0, 0.1) is 5.82 Å². The molecule has 164 valence electrons. The van der Waals surface area contributed by atoms with Crippen LogP contribution in [0.4, 0.5) is 4.39 Å². The first-order chi connectivity index (χ1) is 16.0. The Balaban J connectivity index is 1.62. The van der Waals surface area contributed by atoms with E-state index in [0.29, 0.717) is 23.9 Å². The highest BCUT2D eigenvalue weighted by atomic mass is 19.1. The molecule has 0 aliphatic heterocycles. The van der Waals surface area contributed by atoms with Gasteiger partial charge in [0.05, 0.1) is 10.9 Å². The second-order valence-electron chi connectivity index (χ2n) is 7.72. The molecule has 0 saturated carbocycles. The molecule has 5 rings (SSSR count). The van der Waals surface area contributed by atoms with Crippen molar-refractivity contribution in [2.45, 2.75) is 19.5 Å². The lowest BCUT2D eigenvalue weighted by Gasteiger charge is -2.09. The zero-order chi connectivity index (χ0) is 22.9. The van der Waals surface area contributed by atoms with Crippen LogP contribution in [0.15, 0.2) is 88.5 Å². The number of benzene rings is 3. The van der Waals surface area contributed by atoms with Gasteiger partial charge in [-0.05, 0) is 48.4 Å². The first-order valence-electron chi connectivity index (χ1n) is 10.5. The third-order valence-corrected chi connectivity index (χ3v) is 5.61. The monoisotopic (exact) mass is 442 g/mol. The molecule has 0 spiro atoms. The number of para-hydroxylation sites is 1. The molecule has 0 atom stereocenters. The van der Waals surface area contributed by atoms with E-state index < -0.39 is 11.5 Å². The lowest BCUT2D eigenvalue weighted by Crippen LogP contribution is -2.28. The van der Waals surface area contributed by atoms with Crippen LogP contribution in [-0.2, 0) is 19.5 Å². The second kappa shape index (κ2) is 8.31. The second-order valence-corrected chi connectivity index (χ2v) is 7.72. The molecule has 7 nitrogen and oxygen atoms in total. The molecule has 0 bridgehead atoms. The number of Topliss-reactive ketones (excluding diaryl/α,β-unsaturated/α-hetero) is 1. The predicted molar refractivity (Wildman–Crippen MR) is 122 cm³/mol. The Morgan fingerprint density at radius 1 is 0.879 bits per heavy atom. The van der Waals surface area contributed by atoms with E-state index in [4.69, 9.17) is 0 Å². The lowest BCUT2D eigenvalue weighted by atomic mass is 10.1. The minimum Gasteiger partial charge on any atom is -0.292 e. The van der Waals surface area contributed by atoms with E-state index in [0.717, 1.165) is 10.2 Å². The van der Waals surface area contributed by atoms with Crippen molar-refractivity contribution in [3.8, 4) is 0 Å². The maximum atomic E-state index is 13.3. The maximum absolute atomic E-state index is 13.3. The summed E-state index contributed by atoms with van der Waals surface area (Å²) in [5.74, 6) is -0.667. The molecule has 5 aromatic rings. The van der Waals surface area contributed by atoms with Gasteiger partial charge in [-0.1, -0.05) is 42.5 Å². The summed E-state index contributed by atoms with van der Waals surface area (Å²) in [4.78, 5) is 39.2. The number of ketones is 1. The Kier molecular flexibility index (Phi) is 5.18. The number of hydrogen-bond acceptors (Lipinski definition) is 4. The fourth-order valence-electron chi connectivity index (χ4n) is 3.92. The average molecular weight is 442 g/mol. The normalized spacial score (nSPS) is 11.3.